The van der Waals surface area contributed by atoms with E-state index in [1.807, 2.05) is 29.6 Å². The van der Waals surface area contributed by atoms with Crippen molar-refractivity contribution in [2.45, 2.75) is 108 Å². The number of benzene rings is 1. The van der Waals surface area contributed by atoms with Crippen molar-refractivity contribution in [1.82, 2.24) is 47.1 Å². The number of aliphatic hydroxyl groups is 3. The number of hydrogen-bond donors (Lipinski definition) is 14. The summed E-state index contributed by atoms with van der Waals surface area (Å²) < 4.78 is 0. The monoisotopic (exact) mass is 932 g/mol. The van der Waals surface area contributed by atoms with E-state index in [-0.39, 0.29) is 38.1 Å². The van der Waals surface area contributed by atoms with Crippen LogP contribution in [0.5, 0.6) is 0 Å². The largest absolute Gasteiger partial charge is 0.481 e. The van der Waals surface area contributed by atoms with Crippen molar-refractivity contribution in [1.29, 1.82) is 0 Å². The van der Waals surface area contributed by atoms with Gasteiger partial charge < -0.3 is 78.4 Å². The summed E-state index contributed by atoms with van der Waals surface area (Å²) in [6, 6.07) is -4.15. The number of H-pyrrole nitrogens is 1. The Balaban J connectivity index is 1.62. The summed E-state index contributed by atoms with van der Waals surface area (Å²) in [6.45, 7) is 0.989. The number of fused-ring (bicyclic) bond motifs is 1. The van der Waals surface area contributed by atoms with Crippen LogP contribution in [-0.2, 0) is 54.4 Å². The molecule has 1 fully saturated rings. The zero-order chi connectivity index (χ0) is 49.2. The Morgan fingerprint density at radius 2 is 1.26 bits per heavy atom. The Morgan fingerprint density at radius 1 is 0.712 bits per heavy atom. The van der Waals surface area contributed by atoms with Crippen LogP contribution in [0.15, 0.2) is 30.5 Å². The van der Waals surface area contributed by atoms with Crippen LogP contribution in [0.25, 0.3) is 10.9 Å². The molecule has 25 nitrogen and oxygen atoms in total. The summed E-state index contributed by atoms with van der Waals surface area (Å²) in [7, 11) is 0. The van der Waals surface area contributed by atoms with Crippen LogP contribution in [0, 0.1) is 5.92 Å². The Morgan fingerprint density at radius 3 is 1.85 bits per heavy atom. The summed E-state index contributed by atoms with van der Waals surface area (Å²) >= 11 is 0. The number of likely N-dealkylation sites (tertiary alicyclic amines) is 1. The number of nitrogens with two attached hydrogens (primary N) is 1. The number of carbonyl (C=O) groups is 10. The van der Waals surface area contributed by atoms with Gasteiger partial charge in [-0.25, -0.2) is 0 Å². The van der Waals surface area contributed by atoms with E-state index < -0.39 is 140 Å². The fraction of sp³-hybridized carbons (Fsp3) is 0.561. The van der Waals surface area contributed by atoms with E-state index in [1.165, 1.54) is 6.92 Å². The lowest BCUT2D eigenvalue weighted by molar-refractivity contribution is -0.142. The van der Waals surface area contributed by atoms with Gasteiger partial charge in [0.25, 0.3) is 0 Å². The molecule has 25 heteroatoms. The van der Waals surface area contributed by atoms with Gasteiger partial charge in [-0.2, -0.15) is 0 Å². The molecule has 0 aliphatic carbocycles. The number of nitrogens with one attached hydrogen (secondary N) is 8. The van der Waals surface area contributed by atoms with Gasteiger partial charge in [0.15, 0.2) is 0 Å². The lowest BCUT2D eigenvalue weighted by Crippen LogP contribution is -2.61. The molecule has 0 unspecified atom stereocenters. The number of aromatic amines is 1. The van der Waals surface area contributed by atoms with E-state index in [1.54, 1.807) is 20.0 Å². The smallest absolute Gasteiger partial charge is 0.322 e. The minimum Gasteiger partial charge on any atom is -0.481 e. The first-order valence-corrected chi connectivity index (χ1v) is 21.2. The van der Waals surface area contributed by atoms with E-state index >= 15 is 0 Å². The number of para-hydroxylation sites is 1. The third-order valence-corrected chi connectivity index (χ3v) is 10.5. The Kier molecular flexibility index (Phi) is 20.9. The average molecular weight is 933 g/mol. The normalized spacial score (nSPS) is 16.7. The molecule has 66 heavy (non-hydrogen) atoms. The standard InChI is InChI=1S/C41H60N10O15/c1-20(2)13-27(37(62)48-28(17-52)35(60)44-16-33(57)58)47-38(63)29(18-53)49-39(64)30(19-54)50-40(65)31-9-6-12-51(31)41(66)21(3)45-36(61)26(10-11-32(55)56)46-34(59)24(42)14-22-15-43-25-8-5-4-7-23(22)25/h4-5,7-8,15,20-21,24,26-31,43,52-54H,6,9-14,16-19,42H2,1-3H3,(H,44,60)(H,45,61)(H,46,59)(H,47,63)(H,48,62)(H,49,64)(H,50,65)(H,55,56)(H,57,58)/t21-,24-,26-,27-,28-,29-,30-,31-/m0/s1. The molecule has 1 aliphatic heterocycles. The molecular weight excluding hydrogens is 873 g/mol. The number of nitrogens with zero attached hydrogens (tertiary/aromatic N) is 1. The van der Waals surface area contributed by atoms with Crippen molar-refractivity contribution in [3.63, 3.8) is 0 Å². The van der Waals surface area contributed by atoms with Gasteiger partial charge in [0.2, 0.25) is 47.3 Å². The maximum Gasteiger partial charge on any atom is 0.322 e. The van der Waals surface area contributed by atoms with Crippen molar-refractivity contribution in [3.05, 3.63) is 36.0 Å². The van der Waals surface area contributed by atoms with Gasteiger partial charge in [-0.3, -0.25) is 47.9 Å². The number of carboxylic acids is 2. The first-order valence-electron chi connectivity index (χ1n) is 21.2. The van der Waals surface area contributed by atoms with E-state index in [0.29, 0.717) is 6.42 Å². The Bertz CT molecular complexity index is 2080. The molecular formula is C41H60N10O15. The van der Waals surface area contributed by atoms with Crippen LogP contribution < -0.4 is 43.0 Å². The topological polar surface area (TPSA) is 401 Å². The van der Waals surface area contributed by atoms with Gasteiger partial charge >= 0.3 is 11.9 Å². The van der Waals surface area contributed by atoms with Gasteiger partial charge in [-0.05, 0) is 56.6 Å². The lowest BCUT2D eigenvalue weighted by Gasteiger charge is -2.29. The molecule has 1 aliphatic rings. The van der Waals surface area contributed by atoms with Crippen LogP contribution in [-0.4, -0.2) is 176 Å². The molecule has 15 N–H and O–H groups in total. The van der Waals surface area contributed by atoms with Gasteiger partial charge in [-0.1, -0.05) is 32.0 Å². The predicted molar refractivity (Wildman–Crippen MR) is 230 cm³/mol. The maximum atomic E-state index is 13.7. The summed E-state index contributed by atoms with van der Waals surface area (Å²) in [5.41, 5.74) is 7.74. The maximum absolute atomic E-state index is 13.7. The first-order chi connectivity index (χ1) is 31.2. The van der Waals surface area contributed by atoms with Crippen molar-refractivity contribution in [2.24, 2.45) is 11.7 Å². The molecule has 8 amide bonds. The zero-order valence-corrected chi connectivity index (χ0v) is 36.7. The highest BCUT2D eigenvalue weighted by atomic mass is 16.4. The first kappa shape index (κ1) is 53.6. The SMILES string of the molecule is CC(C)C[C@H](NC(=O)[C@H](CO)NC(=O)[C@H](CO)NC(=O)[C@@H]1CCCN1C(=O)[C@H](C)NC(=O)[C@H](CCC(=O)O)NC(=O)[C@@H](N)Cc1c[nH]c2ccccc12)C(=O)N[C@@H](CO)C(=O)NCC(=O)O. The molecule has 0 spiro atoms. The number of amides is 8. The number of aliphatic hydroxyl groups excluding tert-OH is 3. The van der Waals surface area contributed by atoms with Gasteiger partial charge in [0.1, 0.15) is 48.8 Å². The fourth-order valence-corrected chi connectivity index (χ4v) is 7.03. The molecule has 364 valence electrons. The van der Waals surface area contributed by atoms with E-state index in [2.05, 4.69) is 36.9 Å². The van der Waals surface area contributed by atoms with Crippen molar-refractivity contribution in [2.75, 3.05) is 32.9 Å². The second kappa shape index (κ2) is 25.7. The van der Waals surface area contributed by atoms with Gasteiger partial charge in [0.05, 0.1) is 25.9 Å². The number of carboxylic acid groups (broad SMARTS) is 2. The third-order valence-electron chi connectivity index (χ3n) is 10.5. The number of carbonyl (C=O) groups excluding carboxylic acids is 8. The summed E-state index contributed by atoms with van der Waals surface area (Å²) in [5.74, 6) is -10.4. The van der Waals surface area contributed by atoms with Crippen LogP contribution in [0.1, 0.15) is 58.4 Å². The lowest BCUT2D eigenvalue weighted by atomic mass is 10.0. The third kappa shape index (κ3) is 15.8. The molecule has 0 saturated carbocycles. The highest BCUT2D eigenvalue weighted by molar-refractivity contribution is 5.98. The molecule has 3 rings (SSSR count). The molecule has 0 bridgehead atoms. The van der Waals surface area contributed by atoms with E-state index in [9.17, 15) is 68.4 Å². The molecule has 8 atom stereocenters. The molecule has 1 saturated heterocycles. The summed E-state index contributed by atoms with van der Waals surface area (Å²) in [4.78, 5) is 132. The van der Waals surface area contributed by atoms with Gasteiger partial charge in [-0.15, -0.1) is 0 Å². The molecule has 2 aromatic rings. The minimum atomic E-state index is -1.74. The molecule has 2 heterocycles. The number of rotatable bonds is 26. The van der Waals surface area contributed by atoms with Crippen LogP contribution >= 0.6 is 0 Å². The number of aliphatic carboxylic acids is 2. The van der Waals surface area contributed by atoms with Gasteiger partial charge in [0, 0.05) is 30.1 Å². The van der Waals surface area contributed by atoms with Crippen molar-refractivity contribution in [3.8, 4) is 0 Å². The average Bonchev–Trinajstić information content (AvgIpc) is 3.93. The minimum absolute atomic E-state index is 0.0313. The molecule has 0 radical (unpaired) electrons. The molecule has 1 aromatic heterocycles. The predicted octanol–water partition coefficient (Wildman–Crippen LogP) is -4.95. The highest BCUT2D eigenvalue weighted by Gasteiger charge is 2.39. The second-order valence-electron chi connectivity index (χ2n) is 16.1. The molecule has 1 aromatic carbocycles. The van der Waals surface area contributed by atoms with Crippen LogP contribution in [0.4, 0.5) is 0 Å². The number of hydrogen-bond acceptors (Lipinski definition) is 14. The summed E-state index contributed by atoms with van der Waals surface area (Å²) in [5, 5.41) is 64.6. The van der Waals surface area contributed by atoms with Crippen molar-refractivity contribution >= 4 is 70.1 Å². The Hall–Kier alpha value is -6.70. The van der Waals surface area contributed by atoms with E-state index in [0.717, 1.165) is 21.4 Å². The van der Waals surface area contributed by atoms with Crippen molar-refractivity contribution < 1.29 is 73.5 Å². The number of aromatic nitrogens is 1. The Labute approximate surface area is 378 Å². The zero-order valence-electron chi connectivity index (χ0n) is 36.7. The second-order valence-corrected chi connectivity index (χ2v) is 16.1. The van der Waals surface area contributed by atoms with Crippen LogP contribution in [0.2, 0.25) is 0 Å². The van der Waals surface area contributed by atoms with Crippen LogP contribution in [0.3, 0.4) is 0 Å². The fourth-order valence-electron chi connectivity index (χ4n) is 7.03. The quantitative estimate of drug-likeness (QED) is 0.0420. The highest BCUT2D eigenvalue weighted by Crippen LogP contribution is 2.20. The van der Waals surface area contributed by atoms with E-state index in [4.69, 9.17) is 10.8 Å². The summed E-state index contributed by atoms with van der Waals surface area (Å²) in [6.07, 6.45) is 1.31.